The van der Waals surface area contributed by atoms with E-state index in [1.54, 1.807) is 0 Å². The lowest BCUT2D eigenvalue weighted by molar-refractivity contribution is 0.807. The van der Waals surface area contributed by atoms with Gasteiger partial charge < -0.3 is 0 Å². The van der Waals surface area contributed by atoms with E-state index in [-0.39, 0.29) is 0 Å². The Hall–Kier alpha value is -0.790. The van der Waals surface area contributed by atoms with Gasteiger partial charge in [0.2, 0.25) is 0 Å². The summed E-state index contributed by atoms with van der Waals surface area (Å²) in [7, 11) is 0. The lowest BCUT2D eigenvalue weighted by atomic mass is 10.1. The van der Waals surface area contributed by atoms with Crippen LogP contribution in [0, 0.1) is 6.92 Å². The molecule has 2 heteroatoms. The number of nitrogens with one attached hydrogen (secondary N) is 1. The number of hydrogen-bond donors (Lipinski definition) is 1. The van der Waals surface area contributed by atoms with Crippen molar-refractivity contribution >= 4 is 0 Å². The molecule has 0 fully saturated rings. The fourth-order valence-corrected chi connectivity index (χ4v) is 0.825. The highest BCUT2D eigenvalue weighted by Crippen LogP contribution is 2.13. The maximum Gasteiger partial charge on any atom is 0.0679 e. The molecule has 1 radical (unpaired) electrons. The highest BCUT2D eigenvalue weighted by molar-refractivity contribution is 5.21. The minimum Gasteiger partial charge on any atom is -0.285 e. The Bertz CT molecular complexity index is 189. The number of aromatic amines is 1. The van der Waals surface area contributed by atoms with Gasteiger partial charge in [-0.15, -0.1) is 0 Å². The first-order valence-electron chi connectivity index (χ1n) is 3.07. The van der Waals surface area contributed by atoms with Gasteiger partial charge in [-0.05, 0) is 18.4 Å². The van der Waals surface area contributed by atoms with Gasteiger partial charge in [0.25, 0.3) is 0 Å². The quantitative estimate of drug-likeness (QED) is 0.605. The standard InChI is InChI=1S/C7H11N2/c1-5(2)7-6(3)4-8-9-7/h4-5H,3H2,1-2H3,(H,8,9). The van der Waals surface area contributed by atoms with Crippen LogP contribution >= 0.6 is 0 Å². The van der Waals surface area contributed by atoms with E-state index in [9.17, 15) is 0 Å². The Kier molecular flexibility index (Phi) is 1.56. The Balaban J connectivity index is 2.94. The first-order valence-corrected chi connectivity index (χ1v) is 3.07. The number of H-pyrrole nitrogens is 1. The zero-order valence-corrected chi connectivity index (χ0v) is 5.81. The van der Waals surface area contributed by atoms with Crippen molar-refractivity contribution in [3.05, 3.63) is 24.4 Å². The number of aromatic nitrogens is 2. The smallest absolute Gasteiger partial charge is 0.0679 e. The molecule has 0 amide bonds. The van der Waals surface area contributed by atoms with Crippen LogP contribution in [0.4, 0.5) is 0 Å². The van der Waals surface area contributed by atoms with Crippen LogP contribution in [-0.4, -0.2) is 10.2 Å². The second kappa shape index (κ2) is 2.21. The Morgan fingerprint density at radius 2 is 2.33 bits per heavy atom. The van der Waals surface area contributed by atoms with Gasteiger partial charge in [-0.2, -0.15) is 5.10 Å². The molecule has 1 rings (SSSR count). The van der Waals surface area contributed by atoms with E-state index < -0.39 is 0 Å². The van der Waals surface area contributed by atoms with E-state index in [1.165, 1.54) is 0 Å². The summed E-state index contributed by atoms with van der Waals surface area (Å²) >= 11 is 0. The van der Waals surface area contributed by atoms with Crippen LogP contribution in [0.3, 0.4) is 0 Å². The minimum atomic E-state index is 0.476. The Morgan fingerprint density at radius 1 is 1.67 bits per heavy atom. The molecule has 0 aliphatic heterocycles. The zero-order chi connectivity index (χ0) is 6.85. The molecular weight excluding hydrogens is 112 g/mol. The maximum absolute atomic E-state index is 4.03. The first-order chi connectivity index (χ1) is 4.22. The van der Waals surface area contributed by atoms with Crippen LogP contribution in [-0.2, 0) is 0 Å². The third kappa shape index (κ3) is 1.12. The van der Waals surface area contributed by atoms with E-state index in [1.807, 2.05) is 6.20 Å². The van der Waals surface area contributed by atoms with E-state index >= 15 is 0 Å². The molecule has 2 nitrogen and oxygen atoms in total. The van der Waals surface area contributed by atoms with Gasteiger partial charge in [-0.1, -0.05) is 13.8 Å². The van der Waals surface area contributed by atoms with Crippen molar-refractivity contribution in [2.24, 2.45) is 0 Å². The number of hydrogen-bond acceptors (Lipinski definition) is 1. The molecule has 0 aromatic carbocycles. The molecule has 1 heterocycles. The molecule has 0 aliphatic carbocycles. The van der Waals surface area contributed by atoms with Crippen LogP contribution in [0.5, 0.6) is 0 Å². The predicted octanol–water partition coefficient (Wildman–Crippen LogP) is 1.72. The van der Waals surface area contributed by atoms with Crippen molar-refractivity contribution in [3.8, 4) is 0 Å². The molecule has 9 heavy (non-hydrogen) atoms. The van der Waals surface area contributed by atoms with Crippen LogP contribution in [0.25, 0.3) is 0 Å². The average molecular weight is 123 g/mol. The zero-order valence-electron chi connectivity index (χ0n) is 5.81. The van der Waals surface area contributed by atoms with E-state index in [0.717, 1.165) is 11.3 Å². The van der Waals surface area contributed by atoms with E-state index in [4.69, 9.17) is 0 Å². The van der Waals surface area contributed by atoms with E-state index in [2.05, 4.69) is 31.0 Å². The fraction of sp³-hybridized carbons (Fsp3) is 0.429. The highest BCUT2D eigenvalue weighted by Gasteiger charge is 2.03. The monoisotopic (exact) mass is 123 g/mol. The summed E-state index contributed by atoms with van der Waals surface area (Å²) in [5, 5.41) is 6.79. The van der Waals surface area contributed by atoms with Gasteiger partial charge >= 0.3 is 0 Å². The molecule has 0 bridgehead atoms. The van der Waals surface area contributed by atoms with Crippen LogP contribution in [0.2, 0.25) is 0 Å². The third-order valence-electron chi connectivity index (χ3n) is 1.30. The summed E-state index contributed by atoms with van der Waals surface area (Å²) in [4.78, 5) is 0. The molecule has 1 aromatic rings. The second-order valence-electron chi connectivity index (χ2n) is 2.45. The van der Waals surface area contributed by atoms with Crippen molar-refractivity contribution in [1.29, 1.82) is 0 Å². The van der Waals surface area contributed by atoms with Gasteiger partial charge in [0.05, 0.1) is 5.69 Å². The van der Waals surface area contributed by atoms with Crippen molar-refractivity contribution < 1.29 is 0 Å². The predicted molar refractivity (Wildman–Crippen MR) is 37.1 cm³/mol. The third-order valence-corrected chi connectivity index (χ3v) is 1.30. The van der Waals surface area contributed by atoms with Crippen molar-refractivity contribution in [3.63, 3.8) is 0 Å². The second-order valence-corrected chi connectivity index (χ2v) is 2.45. The summed E-state index contributed by atoms with van der Waals surface area (Å²) in [6.45, 7) is 8.01. The molecule has 49 valence electrons. The molecule has 0 saturated carbocycles. The summed E-state index contributed by atoms with van der Waals surface area (Å²) in [6, 6.07) is 0. The van der Waals surface area contributed by atoms with Crippen molar-refractivity contribution in [1.82, 2.24) is 10.2 Å². The summed E-state index contributed by atoms with van der Waals surface area (Å²) < 4.78 is 0. The van der Waals surface area contributed by atoms with Gasteiger partial charge in [0, 0.05) is 6.20 Å². The summed E-state index contributed by atoms with van der Waals surface area (Å²) in [5.74, 6) is 0.476. The van der Waals surface area contributed by atoms with Crippen molar-refractivity contribution in [2.45, 2.75) is 19.8 Å². The highest BCUT2D eigenvalue weighted by atomic mass is 15.1. The lowest BCUT2D eigenvalue weighted by Crippen LogP contribution is -1.89. The van der Waals surface area contributed by atoms with Crippen LogP contribution < -0.4 is 0 Å². The summed E-state index contributed by atoms with van der Waals surface area (Å²) in [5.41, 5.74) is 2.07. The van der Waals surface area contributed by atoms with Crippen molar-refractivity contribution in [2.75, 3.05) is 0 Å². The largest absolute Gasteiger partial charge is 0.285 e. The van der Waals surface area contributed by atoms with Crippen LogP contribution in [0.1, 0.15) is 31.0 Å². The van der Waals surface area contributed by atoms with Gasteiger partial charge in [-0.3, -0.25) is 5.10 Å². The fourth-order valence-electron chi connectivity index (χ4n) is 0.825. The molecule has 0 unspecified atom stereocenters. The molecule has 1 N–H and O–H groups in total. The first kappa shape index (κ1) is 6.33. The molecular formula is C7H11N2. The summed E-state index contributed by atoms with van der Waals surface area (Å²) in [6.07, 6.45) is 1.81. The molecule has 0 spiro atoms. The molecule has 0 atom stereocenters. The number of rotatable bonds is 1. The number of nitrogens with zero attached hydrogens (tertiary/aromatic N) is 1. The van der Waals surface area contributed by atoms with Gasteiger partial charge in [-0.25, -0.2) is 0 Å². The normalized spacial score (nSPS) is 10.7. The molecule has 0 saturated heterocycles. The SMILES string of the molecule is [CH2]c1c[nH]nc1C(C)C. The van der Waals surface area contributed by atoms with E-state index in [0.29, 0.717) is 5.92 Å². The minimum absolute atomic E-state index is 0.476. The Labute approximate surface area is 55.3 Å². The van der Waals surface area contributed by atoms with Gasteiger partial charge in [0.1, 0.15) is 0 Å². The topological polar surface area (TPSA) is 28.7 Å². The average Bonchev–Trinajstić information content (AvgIpc) is 2.13. The maximum atomic E-state index is 4.03. The molecule has 1 aromatic heterocycles. The van der Waals surface area contributed by atoms with Crippen LogP contribution in [0.15, 0.2) is 6.20 Å². The lowest BCUT2D eigenvalue weighted by Gasteiger charge is -1.98. The molecule has 0 aliphatic rings. The Morgan fingerprint density at radius 3 is 2.56 bits per heavy atom. The van der Waals surface area contributed by atoms with Gasteiger partial charge in [0.15, 0.2) is 0 Å².